The number of carboxylic acids is 1. The summed E-state index contributed by atoms with van der Waals surface area (Å²) in [5, 5.41) is 13.3. The molecule has 2 N–H and O–H groups in total. The number of carbonyl (C=O) groups is 1. The summed E-state index contributed by atoms with van der Waals surface area (Å²) < 4.78 is 5.50. The second-order valence-corrected chi connectivity index (χ2v) is 4.59. The van der Waals surface area contributed by atoms with Gasteiger partial charge in [-0.1, -0.05) is 19.1 Å². The van der Waals surface area contributed by atoms with Crippen LogP contribution in [0.15, 0.2) is 29.4 Å². The monoisotopic (exact) mass is 262 g/mol. The van der Waals surface area contributed by atoms with Crippen LogP contribution in [0.1, 0.15) is 31.9 Å². The van der Waals surface area contributed by atoms with Gasteiger partial charge in [-0.05, 0) is 31.0 Å². The van der Waals surface area contributed by atoms with E-state index in [0.29, 0.717) is 12.3 Å². The number of rotatable bonds is 5. The van der Waals surface area contributed by atoms with Gasteiger partial charge in [0.1, 0.15) is 11.7 Å². The standard InChI is InChI=1S/C14H18N2O3/c1-3-8-19-11-6-4-10(5-7-11)13-12(14(17)18)9(2)15-16-13/h4-7,12-13,16H,3,8H2,1-2H3,(H,17,18). The lowest BCUT2D eigenvalue weighted by Gasteiger charge is -2.17. The van der Waals surface area contributed by atoms with E-state index >= 15 is 0 Å². The van der Waals surface area contributed by atoms with Gasteiger partial charge in [-0.25, -0.2) is 0 Å². The molecule has 2 atom stereocenters. The van der Waals surface area contributed by atoms with Crippen LogP contribution < -0.4 is 10.2 Å². The van der Waals surface area contributed by atoms with Gasteiger partial charge >= 0.3 is 5.97 Å². The molecule has 5 heteroatoms. The normalized spacial score (nSPS) is 21.7. The molecule has 0 fully saturated rings. The molecular formula is C14H18N2O3. The maximum absolute atomic E-state index is 11.3. The van der Waals surface area contributed by atoms with Crippen LogP contribution in [-0.4, -0.2) is 23.4 Å². The average molecular weight is 262 g/mol. The maximum atomic E-state index is 11.3. The van der Waals surface area contributed by atoms with Crippen molar-refractivity contribution in [2.24, 2.45) is 11.0 Å². The van der Waals surface area contributed by atoms with Crippen molar-refractivity contribution < 1.29 is 14.6 Å². The lowest BCUT2D eigenvalue weighted by molar-refractivity contribution is -0.139. The Morgan fingerprint density at radius 3 is 2.68 bits per heavy atom. The summed E-state index contributed by atoms with van der Waals surface area (Å²) in [5.74, 6) is -0.668. The Bertz CT molecular complexity index is 482. The summed E-state index contributed by atoms with van der Waals surface area (Å²) in [6, 6.07) is 7.18. The van der Waals surface area contributed by atoms with Crippen molar-refractivity contribution in [1.29, 1.82) is 0 Å². The zero-order valence-electron chi connectivity index (χ0n) is 11.1. The topological polar surface area (TPSA) is 70.9 Å². The fourth-order valence-electron chi connectivity index (χ4n) is 2.14. The van der Waals surface area contributed by atoms with Crippen LogP contribution in [0.25, 0.3) is 0 Å². The summed E-state index contributed by atoms with van der Waals surface area (Å²) in [7, 11) is 0. The molecule has 0 bridgehead atoms. The third kappa shape index (κ3) is 2.86. The molecule has 0 aliphatic carbocycles. The van der Waals surface area contributed by atoms with Crippen molar-refractivity contribution in [1.82, 2.24) is 5.43 Å². The number of nitrogens with zero attached hydrogens (tertiary/aromatic N) is 1. The lowest BCUT2D eigenvalue weighted by Crippen LogP contribution is -2.27. The number of aliphatic carboxylic acids is 1. The molecule has 0 saturated carbocycles. The third-order valence-corrected chi connectivity index (χ3v) is 3.14. The first-order valence-corrected chi connectivity index (χ1v) is 6.38. The van der Waals surface area contributed by atoms with Gasteiger partial charge in [0.25, 0.3) is 0 Å². The quantitative estimate of drug-likeness (QED) is 0.853. The molecule has 1 aliphatic heterocycles. The highest BCUT2D eigenvalue weighted by molar-refractivity contribution is 6.02. The molecule has 2 rings (SSSR count). The van der Waals surface area contributed by atoms with Crippen LogP contribution in [-0.2, 0) is 4.79 Å². The lowest BCUT2D eigenvalue weighted by atomic mass is 9.91. The van der Waals surface area contributed by atoms with Gasteiger partial charge < -0.3 is 15.3 Å². The summed E-state index contributed by atoms with van der Waals surface area (Å²) in [6.07, 6.45) is 0.958. The number of ether oxygens (including phenoxy) is 1. The van der Waals surface area contributed by atoms with E-state index in [-0.39, 0.29) is 6.04 Å². The van der Waals surface area contributed by atoms with Crippen molar-refractivity contribution >= 4 is 11.7 Å². The summed E-state index contributed by atoms with van der Waals surface area (Å²) in [6.45, 7) is 4.46. The summed E-state index contributed by atoms with van der Waals surface area (Å²) in [4.78, 5) is 11.3. The van der Waals surface area contributed by atoms with E-state index in [0.717, 1.165) is 17.7 Å². The number of hydrogen-bond donors (Lipinski definition) is 2. The molecule has 0 amide bonds. The molecule has 5 nitrogen and oxygen atoms in total. The number of hydrogen-bond acceptors (Lipinski definition) is 4. The Balaban J connectivity index is 2.12. The minimum atomic E-state index is -0.859. The van der Waals surface area contributed by atoms with Gasteiger partial charge in [0, 0.05) is 0 Å². The molecular weight excluding hydrogens is 244 g/mol. The predicted molar refractivity (Wildman–Crippen MR) is 72.3 cm³/mol. The van der Waals surface area contributed by atoms with Crippen LogP contribution in [0.4, 0.5) is 0 Å². The van der Waals surface area contributed by atoms with E-state index in [4.69, 9.17) is 4.74 Å². The van der Waals surface area contributed by atoms with Crippen LogP contribution in [0.3, 0.4) is 0 Å². The molecule has 1 aromatic rings. The van der Waals surface area contributed by atoms with Crippen molar-refractivity contribution in [3.63, 3.8) is 0 Å². The first-order valence-electron chi connectivity index (χ1n) is 6.38. The first-order chi connectivity index (χ1) is 9.13. The minimum absolute atomic E-state index is 0.308. The van der Waals surface area contributed by atoms with E-state index < -0.39 is 11.9 Å². The molecule has 19 heavy (non-hydrogen) atoms. The van der Waals surface area contributed by atoms with Crippen molar-refractivity contribution in [2.45, 2.75) is 26.3 Å². The fourth-order valence-corrected chi connectivity index (χ4v) is 2.14. The van der Waals surface area contributed by atoms with E-state index in [1.165, 1.54) is 0 Å². The Labute approximate surface area is 112 Å². The third-order valence-electron chi connectivity index (χ3n) is 3.14. The highest BCUT2D eigenvalue weighted by atomic mass is 16.5. The highest BCUT2D eigenvalue weighted by Crippen LogP contribution is 2.29. The second kappa shape index (κ2) is 5.73. The Kier molecular flexibility index (Phi) is 4.04. The van der Waals surface area contributed by atoms with Crippen molar-refractivity contribution in [2.75, 3.05) is 6.61 Å². The van der Waals surface area contributed by atoms with Crippen LogP contribution in [0, 0.1) is 5.92 Å². The number of hydrazone groups is 1. The van der Waals surface area contributed by atoms with Gasteiger partial charge in [-0.15, -0.1) is 0 Å². The molecule has 0 aromatic heterocycles. The molecule has 1 aliphatic rings. The van der Waals surface area contributed by atoms with E-state index in [2.05, 4.69) is 10.5 Å². The van der Waals surface area contributed by atoms with Crippen molar-refractivity contribution in [3.05, 3.63) is 29.8 Å². The van der Waals surface area contributed by atoms with Gasteiger partial charge in [-0.2, -0.15) is 5.10 Å². The highest BCUT2D eigenvalue weighted by Gasteiger charge is 2.36. The molecule has 0 radical (unpaired) electrons. The van der Waals surface area contributed by atoms with Crippen LogP contribution in [0.2, 0.25) is 0 Å². The van der Waals surface area contributed by atoms with E-state index in [1.807, 2.05) is 31.2 Å². The SMILES string of the molecule is CCCOc1ccc(C2NN=C(C)C2C(=O)O)cc1. The smallest absolute Gasteiger partial charge is 0.314 e. The Morgan fingerprint density at radius 2 is 2.11 bits per heavy atom. The molecule has 2 unspecified atom stereocenters. The van der Waals surface area contributed by atoms with Gasteiger partial charge in [0.2, 0.25) is 0 Å². The number of benzene rings is 1. The average Bonchev–Trinajstić information content (AvgIpc) is 2.79. The molecule has 0 saturated heterocycles. The fraction of sp³-hybridized carbons (Fsp3) is 0.429. The predicted octanol–water partition coefficient (Wildman–Crippen LogP) is 2.20. The van der Waals surface area contributed by atoms with Gasteiger partial charge in [0.15, 0.2) is 0 Å². The first kappa shape index (κ1) is 13.4. The second-order valence-electron chi connectivity index (χ2n) is 4.59. The minimum Gasteiger partial charge on any atom is -0.494 e. The number of carboxylic acid groups (broad SMARTS) is 1. The zero-order chi connectivity index (χ0) is 13.8. The van der Waals surface area contributed by atoms with Gasteiger partial charge in [0.05, 0.1) is 18.4 Å². The Morgan fingerprint density at radius 1 is 1.42 bits per heavy atom. The maximum Gasteiger partial charge on any atom is 0.314 e. The molecule has 1 aromatic carbocycles. The summed E-state index contributed by atoms with van der Waals surface area (Å²) >= 11 is 0. The largest absolute Gasteiger partial charge is 0.494 e. The summed E-state index contributed by atoms with van der Waals surface area (Å²) in [5.41, 5.74) is 4.38. The molecule has 102 valence electrons. The molecule has 1 heterocycles. The Hall–Kier alpha value is -2.04. The van der Waals surface area contributed by atoms with Crippen molar-refractivity contribution in [3.8, 4) is 5.75 Å². The van der Waals surface area contributed by atoms with Gasteiger partial charge in [-0.3, -0.25) is 4.79 Å². The zero-order valence-corrected chi connectivity index (χ0v) is 11.1. The van der Waals surface area contributed by atoms with E-state index in [9.17, 15) is 9.90 Å². The number of nitrogens with one attached hydrogen (secondary N) is 1. The van der Waals surface area contributed by atoms with Crippen LogP contribution in [0.5, 0.6) is 5.75 Å². The van der Waals surface area contributed by atoms with Crippen LogP contribution >= 0.6 is 0 Å². The van der Waals surface area contributed by atoms with E-state index in [1.54, 1.807) is 6.92 Å². The molecule has 0 spiro atoms.